The van der Waals surface area contributed by atoms with Crippen LogP contribution in [0.25, 0.3) is 0 Å². The summed E-state index contributed by atoms with van der Waals surface area (Å²) in [5.41, 5.74) is 7.52. The summed E-state index contributed by atoms with van der Waals surface area (Å²) in [6.45, 7) is 2.77. The van der Waals surface area contributed by atoms with Gasteiger partial charge in [0.15, 0.2) is 0 Å². The molecular formula is C17H20N2O2. The highest BCUT2D eigenvalue weighted by Crippen LogP contribution is 2.19. The maximum absolute atomic E-state index is 12.2. The van der Waals surface area contributed by atoms with Crippen LogP contribution in [0.1, 0.15) is 30.1 Å². The molecule has 4 heteroatoms. The summed E-state index contributed by atoms with van der Waals surface area (Å²) in [5, 5.41) is 2.80. The minimum atomic E-state index is -0.200. The molecule has 0 bridgehead atoms. The molecule has 0 fully saturated rings. The number of ether oxygens (including phenoxy) is 1. The van der Waals surface area contributed by atoms with Gasteiger partial charge in [0, 0.05) is 5.56 Å². The molecule has 0 saturated heterocycles. The largest absolute Gasteiger partial charge is 0.494 e. The lowest BCUT2D eigenvalue weighted by Gasteiger charge is -2.09. The summed E-state index contributed by atoms with van der Waals surface area (Å²) in [7, 11) is 0. The van der Waals surface area contributed by atoms with Gasteiger partial charge in [-0.15, -0.1) is 0 Å². The van der Waals surface area contributed by atoms with E-state index in [2.05, 4.69) is 12.2 Å². The lowest BCUT2D eigenvalue weighted by molar-refractivity contribution is 0.102. The molecule has 2 aromatic rings. The van der Waals surface area contributed by atoms with Crippen LogP contribution in [0.5, 0.6) is 5.75 Å². The number of hydrogen-bond acceptors (Lipinski definition) is 3. The van der Waals surface area contributed by atoms with Crippen molar-refractivity contribution in [2.75, 3.05) is 17.7 Å². The van der Waals surface area contributed by atoms with Gasteiger partial charge in [-0.2, -0.15) is 0 Å². The molecule has 0 saturated carbocycles. The molecule has 0 aliphatic heterocycles. The van der Waals surface area contributed by atoms with Crippen molar-refractivity contribution in [2.45, 2.75) is 19.8 Å². The highest BCUT2D eigenvalue weighted by Gasteiger charge is 2.08. The van der Waals surface area contributed by atoms with Crippen LogP contribution in [-0.2, 0) is 0 Å². The first-order chi connectivity index (χ1) is 10.2. The smallest absolute Gasteiger partial charge is 0.255 e. The normalized spacial score (nSPS) is 10.1. The van der Waals surface area contributed by atoms with Crippen LogP contribution >= 0.6 is 0 Å². The lowest BCUT2D eigenvalue weighted by atomic mass is 10.2. The van der Waals surface area contributed by atoms with Gasteiger partial charge in [-0.3, -0.25) is 4.79 Å². The Labute approximate surface area is 124 Å². The number of para-hydroxylation sites is 2. The number of hydrogen-bond donors (Lipinski definition) is 2. The van der Waals surface area contributed by atoms with Crippen molar-refractivity contribution in [3.8, 4) is 5.75 Å². The standard InChI is InChI=1S/C17H20N2O2/c1-2-3-11-21-14-8-6-7-13(12-14)17(20)19-16-10-5-4-9-15(16)18/h4-10,12H,2-3,11,18H2,1H3,(H,19,20). The number of carbonyl (C=O) groups excluding carboxylic acids is 1. The molecule has 0 aliphatic rings. The van der Waals surface area contributed by atoms with E-state index in [1.165, 1.54) is 0 Å². The van der Waals surface area contributed by atoms with Gasteiger partial charge in [0.2, 0.25) is 0 Å². The van der Waals surface area contributed by atoms with Crippen molar-refractivity contribution in [3.05, 3.63) is 54.1 Å². The first kappa shape index (κ1) is 14.9. The minimum Gasteiger partial charge on any atom is -0.494 e. The van der Waals surface area contributed by atoms with E-state index >= 15 is 0 Å². The summed E-state index contributed by atoms with van der Waals surface area (Å²) in [6.07, 6.45) is 2.07. The predicted molar refractivity (Wildman–Crippen MR) is 85.7 cm³/mol. The van der Waals surface area contributed by atoms with Crippen LogP contribution in [0.15, 0.2) is 48.5 Å². The number of carbonyl (C=O) groups is 1. The molecular weight excluding hydrogens is 264 g/mol. The molecule has 0 radical (unpaired) electrons. The Morgan fingerprint density at radius 2 is 2.00 bits per heavy atom. The van der Waals surface area contributed by atoms with E-state index in [9.17, 15) is 4.79 Å². The fourth-order valence-corrected chi connectivity index (χ4v) is 1.87. The second-order valence-electron chi connectivity index (χ2n) is 4.77. The summed E-state index contributed by atoms with van der Waals surface area (Å²) in [5.74, 6) is 0.506. The fourth-order valence-electron chi connectivity index (χ4n) is 1.87. The number of nitrogens with two attached hydrogens (primary N) is 1. The van der Waals surface area contributed by atoms with E-state index in [1.807, 2.05) is 24.3 Å². The van der Waals surface area contributed by atoms with Gasteiger partial charge in [-0.1, -0.05) is 31.5 Å². The van der Waals surface area contributed by atoms with Gasteiger partial charge in [-0.05, 0) is 36.8 Å². The predicted octanol–water partition coefficient (Wildman–Crippen LogP) is 3.70. The molecule has 0 unspecified atom stereocenters. The van der Waals surface area contributed by atoms with E-state index in [0.29, 0.717) is 29.3 Å². The maximum Gasteiger partial charge on any atom is 0.255 e. The number of rotatable bonds is 6. The first-order valence-corrected chi connectivity index (χ1v) is 7.09. The van der Waals surface area contributed by atoms with Crippen LogP contribution < -0.4 is 15.8 Å². The fraction of sp³-hybridized carbons (Fsp3) is 0.235. The molecule has 1 amide bonds. The molecule has 110 valence electrons. The summed E-state index contributed by atoms with van der Waals surface area (Å²) in [6, 6.07) is 14.3. The van der Waals surface area contributed by atoms with Crippen molar-refractivity contribution >= 4 is 17.3 Å². The Bertz CT molecular complexity index is 611. The quantitative estimate of drug-likeness (QED) is 0.628. The highest BCUT2D eigenvalue weighted by atomic mass is 16.5. The van der Waals surface area contributed by atoms with E-state index in [-0.39, 0.29) is 5.91 Å². The average Bonchev–Trinajstić information content (AvgIpc) is 2.50. The zero-order valence-corrected chi connectivity index (χ0v) is 12.1. The molecule has 0 aliphatic carbocycles. The van der Waals surface area contributed by atoms with Crippen LogP contribution in [-0.4, -0.2) is 12.5 Å². The lowest BCUT2D eigenvalue weighted by Crippen LogP contribution is -2.13. The monoisotopic (exact) mass is 284 g/mol. The van der Waals surface area contributed by atoms with Crippen LogP contribution in [0, 0.1) is 0 Å². The SMILES string of the molecule is CCCCOc1cccc(C(=O)Nc2ccccc2N)c1. The van der Waals surface area contributed by atoms with Crippen molar-refractivity contribution in [3.63, 3.8) is 0 Å². The number of amides is 1. The second-order valence-corrected chi connectivity index (χ2v) is 4.77. The Hall–Kier alpha value is -2.49. The molecule has 3 N–H and O–H groups in total. The molecule has 21 heavy (non-hydrogen) atoms. The zero-order chi connectivity index (χ0) is 15.1. The summed E-state index contributed by atoms with van der Waals surface area (Å²) >= 11 is 0. The second kappa shape index (κ2) is 7.33. The van der Waals surface area contributed by atoms with Crippen molar-refractivity contribution < 1.29 is 9.53 Å². The Morgan fingerprint density at radius 3 is 2.76 bits per heavy atom. The van der Waals surface area contributed by atoms with E-state index in [4.69, 9.17) is 10.5 Å². The summed E-state index contributed by atoms with van der Waals surface area (Å²) in [4.78, 5) is 12.2. The third kappa shape index (κ3) is 4.24. The van der Waals surface area contributed by atoms with Crippen molar-refractivity contribution in [2.24, 2.45) is 0 Å². The Morgan fingerprint density at radius 1 is 1.19 bits per heavy atom. The van der Waals surface area contributed by atoms with Crippen LogP contribution in [0.2, 0.25) is 0 Å². The van der Waals surface area contributed by atoms with E-state index in [0.717, 1.165) is 12.8 Å². The van der Waals surface area contributed by atoms with Gasteiger partial charge in [-0.25, -0.2) is 0 Å². The third-order valence-corrected chi connectivity index (χ3v) is 3.07. The van der Waals surface area contributed by atoms with Crippen LogP contribution in [0.4, 0.5) is 11.4 Å². The first-order valence-electron chi connectivity index (χ1n) is 7.09. The van der Waals surface area contributed by atoms with Gasteiger partial charge < -0.3 is 15.8 Å². The molecule has 0 spiro atoms. The molecule has 0 atom stereocenters. The van der Waals surface area contributed by atoms with E-state index in [1.54, 1.807) is 24.3 Å². The minimum absolute atomic E-state index is 0.200. The Balaban J connectivity index is 2.05. The van der Waals surface area contributed by atoms with Gasteiger partial charge in [0.05, 0.1) is 18.0 Å². The average molecular weight is 284 g/mol. The van der Waals surface area contributed by atoms with Crippen LogP contribution in [0.3, 0.4) is 0 Å². The number of nitrogens with one attached hydrogen (secondary N) is 1. The van der Waals surface area contributed by atoms with Gasteiger partial charge in [0.25, 0.3) is 5.91 Å². The number of anilines is 2. The van der Waals surface area contributed by atoms with Crippen molar-refractivity contribution in [1.82, 2.24) is 0 Å². The zero-order valence-electron chi connectivity index (χ0n) is 12.1. The maximum atomic E-state index is 12.2. The summed E-state index contributed by atoms with van der Waals surface area (Å²) < 4.78 is 5.61. The third-order valence-electron chi connectivity index (χ3n) is 3.07. The van der Waals surface area contributed by atoms with Gasteiger partial charge in [0.1, 0.15) is 5.75 Å². The molecule has 0 aromatic heterocycles. The molecule has 2 rings (SSSR count). The Kier molecular flexibility index (Phi) is 5.21. The number of nitrogen functional groups attached to an aromatic ring is 1. The van der Waals surface area contributed by atoms with Gasteiger partial charge >= 0.3 is 0 Å². The highest BCUT2D eigenvalue weighted by molar-refractivity contribution is 6.05. The molecule has 2 aromatic carbocycles. The molecule has 4 nitrogen and oxygen atoms in total. The van der Waals surface area contributed by atoms with E-state index < -0.39 is 0 Å². The number of benzene rings is 2. The number of unbranched alkanes of at least 4 members (excludes halogenated alkanes) is 1. The van der Waals surface area contributed by atoms with Crippen molar-refractivity contribution in [1.29, 1.82) is 0 Å². The topological polar surface area (TPSA) is 64.3 Å². The molecule has 0 heterocycles.